The summed E-state index contributed by atoms with van der Waals surface area (Å²) in [5.41, 5.74) is 0.123. The van der Waals surface area contributed by atoms with Gasteiger partial charge in [0.2, 0.25) is 0 Å². The Morgan fingerprint density at radius 2 is 2.14 bits per heavy atom. The molecule has 1 unspecified atom stereocenters. The van der Waals surface area contributed by atoms with Crippen molar-refractivity contribution in [2.45, 2.75) is 38.6 Å². The summed E-state index contributed by atoms with van der Waals surface area (Å²) in [4.78, 5) is 26.6. The summed E-state index contributed by atoms with van der Waals surface area (Å²) in [5.74, 6) is -0.193. The lowest BCUT2D eigenvalue weighted by atomic mass is 9.99. The maximum atomic E-state index is 12.7. The topological polar surface area (TPSA) is 50.5 Å². The number of hydrogen-bond acceptors (Lipinski definition) is 3. The Labute approximate surface area is 123 Å². The molecule has 1 atom stereocenters. The largest absolute Gasteiger partial charge is 0.422 e. The van der Waals surface area contributed by atoms with E-state index in [9.17, 15) is 9.59 Å². The number of rotatable bonds is 2. The Balaban J connectivity index is 2.00. The predicted octanol–water partition coefficient (Wildman–Crippen LogP) is 3.20. The Kier molecular flexibility index (Phi) is 3.78. The van der Waals surface area contributed by atoms with Crippen molar-refractivity contribution in [1.29, 1.82) is 0 Å². The monoisotopic (exact) mass is 285 g/mol. The molecule has 1 aromatic heterocycles. The molecule has 0 aliphatic carbocycles. The number of benzene rings is 1. The first-order valence-electron chi connectivity index (χ1n) is 7.54. The van der Waals surface area contributed by atoms with Gasteiger partial charge in [-0.25, -0.2) is 4.79 Å². The summed E-state index contributed by atoms with van der Waals surface area (Å²) in [5, 5.41) is 0.783. The van der Waals surface area contributed by atoms with Gasteiger partial charge in [-0.1, -0.05) is 25.1 Å². The van der Waals surface area contributed by atoms with Crippen molar-refractivity contribution in [2.75, 3.05) is 6.54 Å². The zero-order valence-corrected chi connectivity index (χ0v) is 12.2. The highest BCUT2D eigenvalue weighted by atomic mass is 16.4. The summed E-state index contributed by atoms with van der Waals surface area (Å²) in [6, 6.07) is 9.16. The molecule has 2 heterocycles. The second-order valence-corrected chi connectivity index (χ2v) is 5.54. The Morgan fingerprint density at radius 3 is 2.95 bits per heavy atom. The molecule has 1 aromatic carbocycles. The van der Waals surface area contributed by atoms with E-state index >= 15 is 0 Å². The molecule has 0 N–H and O–H groups in total. The van der Waals surface area contributed by atoms with Gasteiger partial charge < -0.3 is 9.32 Å². The maximum absolute atomic E-state index is 12.7. The van der Waals surface area contributed by atoms with E-state index < -0.39 is 5.63 Å². The van der Waals surface area contributed by atoms with Gasteiger partial charge in [-0.2, -0.15) is 0 Å². The molecule has 110 valence electrons. The van der Waals surface area contributed by atoms with Crippen molar-refractivity contribution < 1.29 is 9.21 Å². The van der Waals surface area contributed by atoms with E-state index in [0.717, 1.165) is 37.6 Å². The van der Waals surface area contributed by atoms with E-state index in [4.69, 9.17) is 4.42 Å². The van der Waals surface area contributed by atoms with E-state index in [1.165, 1.54) is 0 Å². The smallest absolute Gasteiger partial charge is 0.349 e. The van der Waals surface area contributed by atoms with Crippen LogP contribution in [-0.2, 0) is 0 Å². The number of carbonyl (C=O) groups is 1. The van der Waals surface area contributed by atoms with Crippen LogP contribution in [0.3, 0.4) is 0 Å². The molecular formula is C17H19NO3. The molecule has 0 radical (unpaired) electrons. The van der Waals surface area contributed by atoms with Crippen LogP contribution in [0.2, 0.25) is 0 Å². The van der Waals surface area contributed by atoms with Crippen LogP contribution >= 0.6 is 0 Å². The van der Waals surface area contributed by atoms with Gasteiger partial charge in [0.25, 0.3) is 5.91 Å². The van der Waals surface area contributed by atoms with Crippen LogP contribution in [0.1, 0.15) is 43.0 Å². The first-order valence-corrected chi connectivity index (χ1v) is 7.54. The van der Waals surface area contributed by atoms with Crippen LogP contribution in [-0.4, -0.2) is 23.4 Å². The van der Waals surface area contributed by atoms with Crippen molar-refractivity contribution >= 4 is 16.9 Å². The number of fused-ring (bicyclic) bond motifs is 1. The van der Waals surface area contributed by atoms with Crippen LogP contribution < -0.4 is 5.63 Å². The second-order valence-electron chi connectivity index (χ2n) is 5.54. The van der Waals surface area contributed by atoms with Gasteiger partial charge in [-0.15, -0.1) is 0 Å². The van der Waals surface area contributed by atoms with Crippen LogP contribution in [0.25, 0.3) is 11.0 Å². The second kappa shape index (κ2) is 5.72. The molecule has 4 heteroatoms. The van der Waals surface area contributed by atoms with Crippen molar-refractivity contribution in [3.05, 3.63) is 46.3 Å². The fourth-order valence-corrected chi connectivity index (χ4v) is 3.06. The van der Waals surface area contributed by atoms with E-state index in [1.807, 2.05) is 23.1 Å². The molecule has 1 aliphatic heterocycles. The summed E-state index contributed by atoms with van der Waals surface area (Å²) in [7, 11) is 0. The first-order chi connectivity index (χ1) is 10.2. The molecule has 3 rings (SSSR count). The number of amides is 1. The number of piperidine rings is 1. The van der Waals surface area contributed by atoms with E-state index in [1.54, 1.807) is 12.1 Å². The van der Waals surface area contributed by atoms with Crippen molar-refractivity contribution in [2.24, 2.45) is 0 Å². The van der Waals surface area contributed by atoms with Gasteiger partial charge in [0.05, 0.1) is 0 Å². The highest BCUT2D eigenvalue weighted by Gasteiger charge is 2.28. The summed E-state index contributed by atoms with van der Waals surface area (Å²) >= 11 is 0. The molecule has 0 spiro atoms. The van der Waals surface area contributed by atoms with Gasteiger partial charge >= 0.3 is 5.63 Å². The van der Waals surface area contributed by atoms with Crippen molar-refractivity contribution in [1.82, 2.24) is 4.90 Å². The SMILES string of the molecule is CCC1CCCCN1C(=O)c1cc2ccccc2oc1=O. The minimum absolute atomic E-state index is 0.147. The average molecular weight is 285 g/mol. The van der Waals surface area contributed by atoms with Gasteiger partial charge in [-0.3, -0.25) is 4.79 Å². The normalized spacial score (nSPS) is 18.9. The molecule has 2 aromatic rings. The third-order valence-corrected chi connectivity index (χ3v) is 4.23. The molecule has 0 bridgehead atoms. The quantitative estimate of drug-likeness (QED) is 0.796. The Bertz CT molecular complexity index is 719. The highest BCUT2D eigenvalue weighted by molar-refractivity contribution is 5.96. The number of likely N-dealkylation sites (tertiary alicyclic amines) is 1. The molecule has 1 saturated heterocycles. The number of para-hydroxylation sites is 1. The number of nitrogens with zero attached hydrogens (tertiary/aromatic N) is 1. The van der Waals surface area contributed by atoms with Crippen LogP contribution in [0.4, 0.5) is 0 Å². The van der Waals surface area contributed by atoms with E-state index in [2.05, 4.69) is 6.92 Å². The van der Waals surface area contributed by atoms with Crippen LogP contribution in [0.5, 0.6) is 0 Å². The van der Waals surface area contributed by atoms with Gasteiger partial charge in [0.15, 0.2) is 0 Å². The van der Waals surface area contributed by atoms with Gasteiger partial charge in [0.1, 0.15) is 11.1 Å². The fraction of sp³-hybridized carbons (Fsp3) is 0.412. The minimum Gasteiger partial charge on any atom is -0.422 e. The fourth-order valence-electron chi connectivity index (χ4n) is 3.06. The van der Waals surface area contributed by atoms with E-state index in [0.29, 0.717) is 5.58 Å². The third kappa shape index (κ3) is 2.58. The molecule has 0 saturated carbocycles. The summed E-state index contributed by atoms with van der Waals surface area (Å²) in [6.07, 6.45) is 4.08. The number of carbonyl (C=O) groups excluding carboxylic acids is 1. The standard InChI is InChI=1S/C17H19NO3/c1-2-13-8-5-6-10-18(13)16(19)14-11-12-7-3-4-9-15(12)21-17(14)20/h3-4,7,9,11,13H,2,5-6,8,10H2,1H3. The maximum Gasteiger partial charge on any atom is 0.349 e. The van der Waals surface area contributed by atoms with Crippen LogP contribution in [0, 0.1) is 0 Å². The zero-order valence-electron chi connectivity index (χ0n) is 12.2. The average Bonchev–Trinajstić information content (AvgIpc) is 2.53. The summed E-state index contributed by atoms with van der Waals surface area (Å²) < 4.78 is 5.27. The predicted molar refractivity (Wildman–Crippen MR) is 81.5 cm³/mol. The molecule has 1 aliphatic rings. The first kappa shape index (κ1) is 13.9. The third-order valence-electron chi connectivity index (χ3n) is 4.23. The van der Waals surface area contributed by atoms with E-state index in [-0.39, 0.29) is 17.5 Å². The van der Waals surface area contributed by atoms with Crippen LogP contribution in [0.15, 0.2) is 39.5 Å². The van der Waals surface area contributed by atoms with Crippen molar-refractivity contribution in [3.63, 3.8) is 0 Å². The zero-order chi connectivity index (χ0) is 14.8. The Morgan fingerprint density at radius 1 is 1.33 bits per heavy atom. The Hall–Kier alpha value is -2.10. The van der Waals surface area contributed by atoms with Gasteiger partial charge in [-0.05, 0) is 37.8 Å². The number of hydrogen-bond donors (Lipinski definition) is 0. The lowest BCUT2D eigenvalue weighted by Crippen LogP contribution is -2.44. The molecular weight excluding hydrogens is 266 g/mol. The van der Waals surface area contributed by atoms with Crippen molar-refractivity contribution in [3.8, 4) is 0 Å². The highest BCUT2D eigenvalue weighted by Crippen LogP contribution is 2.22. The molecule has 1 fully saturated rings. The lowest BCUT2D eigenvalue weighted by Gasteiger charge is -2.35. The lowest BCUT2D eigenvalue weighted by molar-refractivity contribution is 0.0604. The summed E-state index contributed by atoms with van der Waals surface area (Å²) in [6.45, 7) is 2.81. The molecule has 4 nitrogen and oxygen atoms in total. The minimum atomic E-state index is -0.542. The van der Waals surface area contributed by atoms with Gasteiger partial charge in [0, 0.05) is 18.0 Å². The molecule has 21 heavy (non-hydrogen) atoms. The molecule has 1 amide bonds.